The molecule has 31 heteroatoms. The van der Waals surface area contributed by atoms with Crippen LogP contribution in [0.5, 0.6) is 0 Å². The first kappa shape index (κ1) is 39.8. The van der Waals surface area contributed by atoms with Crippen molar-refractivity contribution in [1.29, 1.82) is 0 Å². The number of aliphatic hydroxyl groups excluding tert-OH is 4. The first-order valence-electron chi connectivity index (χ1n) is 14.8. The number of hydrogen-bond donors (Lipinski definition) is 6. The van der Waals surface area contributed by atoms with Crippen LogP contribution in [0, 0.1) is 0 Å². The van der Waals surface area contributed by atoms with E-state index in [0.717, 1.165) is 25.3 Å². The van der Waals surface area contributed by atoms with E-state index < -0.39 is 104 Å². The molecule has 4 unspecified atom stereocenters. The number of nitrogen functional groups attached to an aromatic ring is 2. The van der Waals surface area contributed by atoms with Crippen LogP contribution in [-0.4, -0.2) is 121 Å². The summed E-state index contributed by atoms with van der Waals surface area (Å²) in [7, 11) is -23.1. The quantitative estimate of drug-likeness (QED) is 0.0650. The van der Waals surface area contributed by atoms with E-state index in [-0.39, 0.29) is 34.0 Å². The molecule has 4 aromatic heterocycles. The summed E-state index contributed by atoms with van der Waals surface area (Å²) in [4.78, 5) is 73.2. The maximum absolute atomic E-state index is 12.5. The number of aromatic nitrogens is 8. The van der Waals surface area contributed by atoms with Crippen LogP contribution >= 0.6 is 30.4 Å². The zero-order chi connectivity index (χ0) is 38.7. The Morgan fingerprint density at radius 1 is 0.623 bits per heavy atom. The van der Waals surface area contributed by atoms with Gasteiger partial charge in [0, 0.05) is 0 Å². The minimum Gasteiger partial charge on any atom is -0.778 e. The molecule has 0 bridgehead atoms. The zero-order valence-corrected chi connectivity index (χ0v) is 30.0. The molecule has 6 rings (SSSR count). The third kappa shape index (κ3) is 8.52. The van der Waals surface area contributed by atoms with Crippen molar-refractivity contribution >= 4 is 64.3 Å². The zero-order valence-electron chi connectivity index (χ0n) is 26.4. The molecule has 2 aliphatic rings. The van der Waals surface area contributed by atoms with Gasteiger partial charge in [-0.15, -0.1) is 0 Å². The van der Waals surface area contributed by atoms with Crippen LogP contribution in [0.25, 0.3) is 22.3 Å². The first-order valence-corrected chi connectivity index (χ1v) is 21.7. The monoisotopic (exact) mass is 828 g/mol. The average molecular weight is 828 g/mol. The third-order valence-electron chi connectivity index (χ3n) is 7.81. The Morgan fingerprint density at radius 2 is 1.00 bits per heavy atom. The van der Waals surface area contributed by atoms with Gasteiger partial charge in [-0.25, -0.2) is 29.9 Å². The Morgan fingerprint density at radius 3 is 1.38 bits per heavy atom. The number of nitrogens with zero attached hydrogens (tertiary/aromatic N) is 8. The molecule has 0 amide bonds. The molecule has 0 radical (unpaired) electrons. The van der Waals surface area contributed by atoms with Crippen molar-refractivity contribution in [2.45, 2.75) is 49.1 Å². The summed E-state index contributed by atoms with van der Waals surface area (Å²) in [6.07, 6.45) is -8.44. The van der Waals surface area contributed by atoms with Gasteiger partial charge in [-0.3, -0.25) is 13.4 Å². The summed E-state index contributed by atoms with van der Waals surface area (Å²) in [6, 6.07) is 0. The highest BCUT2D eigenvalue weighted by Crippen LogP contribution is 2.64. The number of imidazole rings is 2. The second-order valence-corrected chi connectivity index (χ2v) is 20.0. The average Bonchev–Trinajstić information content (AvgIpc) is 3.80. The van der Waals surface area contributed by atoms with Crippen LogP contribution in [0.3, 0.4) is 0 Å². The number of rotatable bonds is 14. The molecule has 6 heterocycles. The molecule has 292 valence electrons. The molecule has 0 saturated carbocycles. The van der Waals surface area contributed by atoms with E-state index in [1.807, 2.05) is 0 Å². The summed E-state index contributed by atoms with van der Waals surface area (Å²) < 4.78 is 76.3. The molecule has 2 fully saturated rings. The Labute approximate surface area is 295 Å². The van der Waals surface area contributed by atoms with Gasteiger partial charge in [-0.1, -0.05) is 0 Å². The van der Waals surface area contributed by atoms with Crippen molar-refractivity contribution in [3.05, 3.63) is 25.3 Å². The molecule has 8 N–H and O–H groups in total. The van der Waals surface area contributed by atoms with Crippen molar-refractivity contribution in [3.63, 3.8) is 0 Å². The molecule has 53 heavy (non-hydrogen) atoms. The van der Waals surface area contributed by atoms with E-state index in [9.17, 15) is 58.3 Å². The Bertz CT molecular complexity index is 2040. The van der Waals surface area contributed by atoms with Gasteiger partial charge < -0.3 is 88.2 Å². The summed E-state index contributed by atoms with van der Waals surface area (Å²) >= 11 is 0. The normalized spacial score (nSPS) is 30.9. The number of anilines is 2. The molecular formula is C22H28N10O17P4-4. The second kappa shape index (κ2) is 14.6. The highest BCUT2D eigenvalue weighted by molar-refractivity contribution is 7.77. The Kier molecular flexibility index (Phi) is 11.0. The van der Waals surface area contributed by atoms with Gasteiger partial charge in [0.15, 0.2) is 35.4 Å². The fourth-order valence-electron chi connectivity index (χ4n) is 5.43. The fourth-order valence-corrected chi connectivity index (χ4v) is 13.1. The minimum absolute atomic E-state index is 0.0109. The summed E-state index contributed by atoms with van der Waals surface area (Å²) in [6.45, 7) is -2.14. The maximum Gasteiger partial charge on any atom is 0.167 e. The lowest BCUT2D eigenvalue weighted by Gasteiger charge is -2.38. The van der Waals surface area contributed by atoms with Gasteiger partial charge in [0.05, 0.1) is 37.7 Å². The lowest BCUT2D eigenvalue weighted by molar-refractivity contribution is -0.217. The number of nitrogens with two attached hydrogens (primary N) is 2. The molecular weight excluding hydrogens is 800 g/mol. The predicted molar refractivity (Wildman–Crippen MR) is 164 cm³/mol. The van der Waals surface area contributed by atoms with E-state index in [0.29, 0.717) is 0 Å². The number of aliphatic hydroxyl groups is 4. The Balaban J connectivity index is 1.01. The van der Waals surface area contributed by atoms with Gasteiger partial charge >= 0.3 is 0 Å². The topological polar surface area (TPSA) is 427 Å². The SMILES string of the molecule is Nc1ncnc2c1ncn2[C@@H]1O[C@H](COP(=O)([O-])CP(=O)([O-])OP(=O)([O-])CP(=O)([O-])OC[C@H]2O[C@@H](n3cnc4c(N)ncnc43)[C@H](O)[C@@H]2O)[C@@H](O)[C@H]1O. The van der Waals surface area contributed by atoms with Gasteiger partial charge in [-0.05, 0) is 0 Å². The van der Waals surface area contributed by atoms with Gasteiger partial charge in [0.25, 0.3) is 0 Å². The predicted octanol–water partition coefficient (Wildman–Crippen LogP) is -4.75. The van der Waals surface area contributed by atoms with Crippen molar-refractivity contribution in [3.8, 4) is 0 Å². The lowest BCUT2D eigenvalue weighted by atomic mass is 10.1. The number of hydrogen-bond acceptors (Lipinski definition) is 25. The molecule has 0 aliphatic carbocycles. The standard InChI is InChI=1S/C22H32N10O17P4/c23-17-11-19(27-3-25-17)31(5-29-11)21-15(35)13(33)9(47-21)1-45-50(37,38)7-52(41,42)49-53(43,44)8-51(39,40)46-2-10-14(34)16(36)22(48-10)32-6-30-12-18(24)26-4-28-20(12)32/h3-6,9-10,13-16,21-22,33-36H,1-2,7-8H2,(H,37,38)(H,39,40)(H,41,42)(H,43,44)(H2,23,25,27)(H2,24,26,28)/p-4/t9-,10-,13-,14-,15-,16-,21-,22-/m1/s1. The van der Waals surface area contributed by atoms with Crippen LogP contribution in [0.4, 0.5) is 11.6 Å². The lowest BCUT2D eigenvalue weighted by Crippen LogP contribution is -2.34. The molecule has 0 spiro atoms. The maximum atomic E-state index is 12.5. The number of fused-ring (bicyclic) bond motifs is 2. The van der Waals surface area contributed by atoms with Gasteiger partial charge in [0.2, 0.25) is 0 Å². The largest absolute Gasteiger partial charge is 0.778 e. The second-order valence-electron chi connectivity index (χ2n) is 11.7. The summed E-state index contributed by atoms with van der Waals surface area (Å²) in [5.74, 6) is -4.20. The molecule has 27 nitrogen and oxygen atoms in total. The molecule has 12 atom stereocenters. The summed E-state index contributed by atoms with van der Waals surface area (Å²) in [5.41, 5.74) is 11.9. The smallest absolute Gasteiger partial charge is 0.167 e. The van der Waals surface area contributed by atoms with Gasteiger partial charge in [0.1, 0.15) is 90.7 Å². The molecule has 4 aromatic rings. The molecule has 0 aromatic carbocycles. The molecule has 2 aliphatic heterocycles. The third-order valence-corrected chi connectivity index (χ3v) is 16.4. The fraction of sp³-hybridized carbons (Fsp3) is 0.545. The van der Waals surface area contributed by atoms with Crippen LogP contribution in [0.2, 0.25) is 0 Å². The van der Waals surface area contributed by atoms with E-state index in [1.165, 1.54) is 9.13 Å². The van der Waals surface area contributed by atoms with Crippen molar-refractivity contribution in [1.82, 2.24) is 39.0 Å². The van der Waals surface area contributed by atoms with Crippen LogP contribution in [0.1, 0.15) is 12.5 Å². The highest BCUT2D eigenvalue weighted by atomic mass is 31.3. The summed E-state index contributed by atoms with van der Waals surface area (Å²) in [5, 5.41) is 41.8. The van der Waals surface area contributed by atoms with Crippen molar-refractivity contribution in [2.24, 2.45) is 0 Å². The molecule has 2 saturated heterocycles. The van der Waals surface area contributed by atoms with Crippen LogP contribution < -0.4 is 31.0 Å². The first-order chi connectivity index (χ1) is 24.7. The van der Waals surface area contributed by atoms with Gasteiger partial charge in [-0.2, -0.15) is 0 Å². The number of ether oxygens (including phenoxy) is 2. The van der Waals surface area contributed by atoms with Crippen LogP contribution in [-0.2, 0) is 41.1 Å². The van der Waals surface area contributed by atoms with E-state index in [1.54, 1.807) is 0 Å². The van der Waals surface area contributed by atoms with Crippen LogP contribution in [0.15, 0.2) is 25.3 Å². The van der Waals surface area contributed by atoms with Crippen molar-refractivity contribution in [2.75, 3.05) is 36.5 Å². The highest BCUT2D eigenvalue weighted by Gasteiger charge is 2.46. The Hall–Kier alpha value is -2.90. The van der Waals surface area contributed by atoms with E-state index >= 15 is 0 Å². The van der Waals surface area contributed by atoms with E-state index in [4.69, 9.17) is 20.9 Å². The van der Waals surface area contributed by atoms with E-state index in [2.05, 4.69) is 43.3 Å². The van der Waals surface area contributed by atoms with Crippen molar-refractivity contribution < 1.29 is 81.1 Å². The minimum atomic E-state index is -5.97.